The molecular formula is C12H15ClN2O. The van der Waals surface area contributed by atoms with E-state index in [-0.39, 0.29) is 5.91 Å². The third-order valence-corrected chi connectivity index (χ3v) is 3.25. The number of hydrogen-bond donors (Lipinski definition) is 0. The van der Waals surface area contributed by atoms with E-state index in [1.165, 1.54) is 0 Å². The van der Waals surface area contributed by atoms with Gasteiger partial charge in [-0.05, 0) is 30.9 Å². The summed E-state index contributed by atoms with van der Waals surface area (Å²) in [6, 6.07) is 3.34. The van der Waals surface area contributed by atoms with E-state index in [4.69, 9.17) is 11.6 Å². The number of amides is 1. The Labute approximate surface area is 100 Å². The standard InChI is InChI=1S/C12H15ClN2O/c1-9-3-6-15(7-4-9)12(16)10-2-5-14-11(13)8-10/h2,5,8-9H,3-4,6-7H2,1H3. The van der Waals surface area contributed by atoms with Gasteiger partial charge in [-0.2, -0.15) is 0 Å². The van der Waals surface area contributed by atoms with Gasteiger partial charge in [0.2, 0.25) is 0 Å². The van der Waals surface area contributed by atoms with Gasteiger partial charge >= 0.3 is 0 Å². The van der Waals surface area contributed by atoms with Gasteiger partial charge < -0.3 is 4.90 Å². The van der Waals surface area contributed by atoms with E-state index in [0.29, 0.717) is 10.7 Å². The number of piperidine rings is 1. The van der Waals surface area contributed by atoms with Gasteiger partial charge in [-0.25, -0.2) is 4.98 Å². The first-order chi connectivity index (χ1) is 7.66. The highest BCUT2D eigenvalue weighted by molar-refractivity contribution is 6.29. The molecule has 0 saturated carbocycles. The lowest BCUT2D eigenvalue weighted by Crippen LogP contribution is -2.37. The molecule has 0 bridgehead atoms. The lowest BCUT2D eigenvalue weighted by atomic mass is 9.99. The molecule has 1 amide bonds. The van der Waals surface area contributed by atoms with E-state index in [1.807, 2.05) is 4.90 Å². The highest BCUT2D eigenvalue weighted by atomic mass is 35.5. The quantitative estimate of drug-likeness (QED) is 0.705. The topological polar surface area (TPSA) is 33.2 Å². The highest BCUT2D eigenvalue weighted by Gasteiger charge is 2.21. The summed E-state index contributed by atoms with van der Waals surface area (Å²) in [6.07, 6.45) is 3.75. The maximum absolute atomic E-state index is 12.1. The predicted octanol–water partition coefficient (Wildman–Crippen LogP) is 2.61. The predicted molar refractivity (Wildman–Crippen MR) is 63.5 cm³/mol. The van der Waals surface area contributed by atoms with Crippen LogP contribution in [0.5, 0.6) is 0 Å². The van der Waals surface area contributed by atoms with Gasteiger partial charge in [0.05, 0.1) is 0 Å². The zero-order chi connectivity index (χ0) is 11.5. The largest absolute Gasteiger partial charge is 0.339 e. The van der Waals surface area contributed by atoms with E-state index in [0.717, 1.165) is 31.8 Å². The number of halogens is 1. The summed E-state index contributed by atoms with van der Waals surface area (Å²) >= 11 is 5.77. The van der Waals surface area contributed by atoms with Crippen molar-refractivity contribution in [1.29, 1.82) is 0 Å². The summed E-state index contributed by atoms with van der Waals surface area (Å²) < 4.78 is 0. The van der Waals surface area contributed by atoms with Crippen LogP contribution in [0.1, 0.15) is 30.1 Å². The van der Waals surface area contributed by atoms with Crippen LogP contribution in [0.4, 0.5) is 0 Å². The molecule has 16 heavy (non-hydrogen) atoms. The molecule has 1 fully saturated rings. The molecule has 1 aliphatic heterocycles. The fourth-order valence-electron chi connectivity index (χ4n) is 1.93. The summed E-state index contributed by atoms with van der Waals surface area (Å²) in [6.45, 7) is 3.92. The van der Waals surface area contributed by atoms with Gasteiger partial charge in [-0.15, -0.1) is 0 Å². The SMILES string of the molecule is CC1CCN(C(=O)c2ccnc(Cl)c2)CC1. The van der Waals surface area contributed by atoms with Crippen LogP contribution in [0.15, 0.2) is 18.3 Å². The first-order valence-electron chi connectivity index (χ1n) is 5.57. The lowest BCUT2D eigenvalue weighted by Gasteiger charge is -2.30. The third-order valence-electron chi connectivity index (χ3n) is 3.04. The number of likely N-dealkylation sites (tertiary alicyclic amines) is 1. The molecule has 0 unspecified atom stereocenters. The molecule has 3 nitrogen and oxygen atoms in total. The van der Waals surface area contributed by atoms with Crippen molar-refractivity contribution in [2.45, 2.75) is 19.8 Å². The van der Waals surface area contributed by atoms with Crippen LogP contribution in [-0.4, -0.2) is 28.9 Å². The Hall–Kier alpha value is -1.09. The normalized spacial score (nSPS) is 17.5. The van der Waals surface area contributed by atoms with Gasteiger partial charge in [0.25, 0.3) is 5.91 Å². The van der Waals surface area contributed by atoms with Crippen molar-refractivity contribution in [3.63, 3.8) is 0 Å². The van der Waals surface area contributed by atoms with Crippen LogP contribution in [0.3, 0.4) is 0 Å². The maximum atomic E-state index is 12.1. The third kappa shape index (κ3) is 2.53. The molecular weight excluding hydrogens is 224 g/mol. The van der Waals surface area contributed by atoms with Crippen LogP contribution in [0.2, 0.25) is 5.15 Å². The minimum Gasteiger partial charge on any atom is -0.339 e. The van der Waals surface area contributed by atoms with Crippen molar-refractivity contribution in [3.05, 3.63) is 29.0 Å². The van der Waals surface area contributed by atoms with Gasteiger partial charge in [0.1, 0.15) is 5.15 Å². The Morgan fingerprint density at radius 3 is 2.81 bits per heavy atom. The Kier molecular flexibility index (Phi) is 3.44. The van der Waals surface area contributed by atoms with Crippen LogP contribution in [-0.2, 0) is 0 Å². The number of rotatable bonds is 1. The molecule has 2 heterocycles. The Morgan fingerprint density at radius 2 is 2.19 bits per heavy atom. The van der Waals surface area contributed by atoms with E-state index in [2.05, 4.69) is 11.9 Å². The summed E-state index contributed by atoms with van der Waals surface area (Å²) in [5.41, 5.74) is 0.634. The van der Waals surface area contributed by atoms with Crippen LogP contribution in [0.25, 0.3) is 0 Å². The van der Waals surface area contributed by atoms with E-state index < -0.39 is 0 Å². The number of nitrogens with zero attached hydrogens (tertiary/aromatic N) is 2. The summed E-state index contributed by atoms with van der Waals surface area (Å²) in [7, 11) is 0. The molecule has 0 radical (unpaired) electrons. The fraction of sp³-hybridized carbons (Fsp3) is 0.500. The Bertz CT molecular complexity index is 386. The van der Waals surface area contributed by atoms with Crippen molar-refractivity contribution < 1.29 is 4.79 Å². The minimum atomic E-state index is 0.0659. The van der Waals surface area contributed by atoms with E-state index in [9.17, 15) is 4.79 Å². The van der Waals surface area contributed by atoms with Crippen LogP contribution < -0.4 is 0 Å². The number of carbonyl (C=O) groups excluding carboxylic acids is 1. The first kappa shape index (κ1) is 11.4. The number of pyridine rings is 1. The zero-order valence-corrected chi connectivity index (χ0v) is 10.1. The van der Waals surface area contributed by atoms with Crippen molar-refractivity contribution in [2.24, 2.45) is 5.92 Å². The van der Waals surface area contributed by atoms with Crippen molar-refractivity contribution >= 4 is 17.5 Å². The molecule has 0 atom stereocenters. The summed E-state index contributed by atoms with van der Waals surface area (Å²) in [5.74, 6) is 0.793. The second-order valence-electron chi connectivity index (χ2n) is 4.34. The minimum absolute atomic E-state index is 0.0659. The first-order valence-corrected chi connectivity index (χ1v) is 5.95. The molecule has 4 heteroatoms. The average molecular weight is 239 g/mol. The fourth-order valence-corrected chi connectivity index (χ4v) is 2.10. The Morgan fingerprint density at radius 1 is 1.50 bits per heavy atom. The maximum Gasteiger partial charge on any atom is 0.254 e. The van der Waals surface area contributed by atoms with Gasteiger partial charge in [-0.3, -0.25) is 4.79 Å². The van der Waals surface area contributed by atoms with Crippen molar-refractivity contribution in [1.82, 2.24) is 9.88 Å². The number of carbonyl (C=O) groups is 1. The van der Waals surface area contributed by atoms with Gasteiger partial charge in [-0.1, -0.05) is 18.5 Å². The Balaban J connectivity index is 2.08. The number of aromatic nitrogens is 1. The molecule has 0 aliphatic carbocycles. The van der Waals surface area contributed by atoms with E-state index >= 15 is 0 Å². The number of hydrogen-bond acceptors (Lipinski definition) is 2. The molecule has 1 aromatic rings. The molecule has 0 spiro atoms. The highest BCUT2D eigenvalue weighted by Crippen LogP contribution is 2.18. The molecule has 2 rings (SSSR count). The second-order valence-corrected chi connectivity index (χ2v) is 4.73. The molecule has 86 valence electrons. The molecule has 1 saturated heterocycles. The monoisotopic (exact) mass is 238 g/mol. The molecule has 0 N–H and O–H groups in total. The zero-order valence-electron chi connectivity index (χ0n) is 9.32. The van der Waals surface area contributed by atoms with E-state index in [1.54, 1.807) is 18.3 Å². The molecule has 0 aromatic carbocycles. The lowest BCUT2D eigenvalue weighted by molar-refractivity contribution is 0.0697. The second kappa shape index (κ2) is 4.83. The van der Waals surface area contributed by atoms with Crippen LogP contribution in [0, 0.1) is 5.92 Å². The average Bonchev–Trinajstić information content (AvgIpc) is 2.29. The molecule has 1 aliphatic rings. The van der Waals surface area contributed by atoms with Crippen molar-refractivity contribution in [2.75, 3.05) is 13.1 Å². The summed E-state index contributed by atoms with van der Waals surface area (Å²) in [4.78, 5) is 17.9. The summed E-state index contributed by atoms with van der Waals surface area (Å²) in [5, 5.41) is 0.372. The van der Waals surface area contributed by atoms with Gasteiger partial charge in [0.15, 0.2) is 0 Å². The smallest absolute Gasteiger partial charge is 0.254 e. The molecule has 1 aromatic heterocycles. The van der Waals surface area contributed by atoms with Crippen LogP contribution >= 0.6 is 11.6 Å². The van der Waals surface area contributed by atoms with Gasteiger partial charge in [0, 0.05) is 24.8 Å². The van der Waals surface area contributed by atoms with Crippen molar-refractivity contribution in [3.8, 4) is 0 Å².